The van der Waals surface area contributed by atoms with Gasteiger partial charge in [0.2, 0.25) is 0 Å². The van der Waals surface area contributed by atoms with E-state index in [1.165, 1.54) is 199 Å². The molecule has 0 rings (SSSR count). The van der Waals surface area contributed by atoms with Crippen molar-refractivity contribution in [3.05, 3.63) is 97.2 Å². The third-order valence-electron chi connectivity index (χ3n) is 15.6. The predicted octanol–water partition coefficient (Wildman–Crippen LogP) is 24.8. The number of ether oxygens (including phenoxy) is 3. The first-order chi connectivity index (χ1) is 41.0. The minimum atomic E-state index is -0.787. The molecule has 0 heterocycles. The maximum Gasteiger partial charge on any atom is 0.306 e. The number of hydrogen-bond acceptors (Lipinski definition) is 6. The summed E-state index contributed by atoms with van der Waals surface area (Å²) in [7, 11) is 0. The number of rotatable bonds is 65. The van der Waals surface area contributed by atoms with Crippen LogP contribution in [-0.4, -0.2) is 37.2 Å². The molecule has 0 N–H and O–H groups in total. The maximum atomic E-state index is 13.0. The van der Waals surface area contributed by atoms with Crippen molar-refractivity contribution < 1.29 is 28.6 Å². The van der Waals surface area contributed by atoms with Gasteiger partial charge in [-0.1, -0.05) is 330 Å². The quantitative estimate of drug-likeness (QED) is 0.0261. The third-order valence-corrected chi connectivity index (χ3v) is 15.6. The highest BCUT2D eigenvalue weighted by molar-refractivity contribution is 5.71. The van der Waals surface area contributed by atoms with Gasteiger partial charge in [0, 0.05) is 19.3 Å². The molecule has 0 bridgehead atoms. The van der Waals surface area contributed by atoms with E-state index in [1.54, 1.807) is 0 Å². The normalized spacial score (nSPS) is 12.7. The largest absolute Gasteiger partial charge is 0.462 e. The second-order valence-electron chi connectivity index (χ2n) is 23.8. The van der Waals surface area contributed by atoms with Crippen LogP contribution in [0.25, 0.3) is 0 Å². The SMILES string of the molecule is CC/C=C\C/C=C\C/C=C\C/C=C\C/C=C\CCCCCCCCCCCCCC(=O)OCC(COC(=O)CCCCCCCCCCCCCCCCCCC)OC(=O)CCCCCCCC/C=C\C/C=C\C/C=C\CCCCCCC. The van der Waals surface area contributed by atoms with Gasteiger partial charge in [-0.2, -0.15) is 0 Å². The van der Waals surface area contributed by atoms with Crippen molar-refractivity contribution in [3.63, 3.8) is 0 Å². The van der Waals surface area contributed by atoms with Crippen LogP contribution in [0.3, 0.4) is 0 Å². The molecular formula is C77H134O6. The first-order valence-corrected chi connectivity index (χ1v) is 35.7. The third kappa shape index (κ3) is 69.0. The summed E-state index contributed by atoms with van der Waals surface area (Å²) in [4.78, 5) is 38.5. The van der Waals surface area contributed by atoms with Gasteiger partial charge in [0.05, 0.1) is 0 Å². The Hall–Kier alpha value is -3.67. The van der Waals surface area contributed by atoms with Crippen LogP contribution in [0.15, 0.2) is 97.2 Å². The van der Waals surface area contributed by atoms with Crippen LogP contribution in [0.4, 0.5) is 0 Å². The fourth-order valence-corrected chi connectivity index (χ4v) is 10.2. The molecule has 0 aliphatic rings. The molecule has 6 heteroatoms. The second-order valence-corrected chi connectivity index (χ2v) is 23.8. The van der Waals surface area contributed by atoms with E-state index in [0.29, 0.717) is 19.3 Å². The zero-order valence-corrected chi connectivity index (χ0v) is 54.9. The predicted molar refractivity (Wildman–Crippen MR) is 362 cm³/mol. The second kappa shape index (κ2) is 70.8. The molecule has 0 fully saturated rings. The summed E-state index contributed by atoms with van der Waals surface area (Å²) in [6, 6.07) is 0. The van der Waals surface area contributed by atoms with Gasteiger partial charge in [-0.15, -0.1) is 0 Å². The van der Waals surface area contributed by atoms with Crippen LogP contribution in [0.5, 0.6) is 0 Å². The Bertz CT molecular complexity index is 1610. The molecule has 0 aliphatic heterocycles. The number of allylic oxidation sites excluding steroid dienone is 16. The number of carbonyl (C=O) groups excluding carboxylic acids is 3. The first kappa shape index (κ1) is 79.3. The van der Waals surface area contributed by atoms with Gasteiger partial charge in [-0.05, 0) is 103 Å². The standard InChI is InChI=1S/C77H134O6/c1-4-7-10-13-16-19-22-25-28-31-33-35-36-37-38-39-40-42-43-46-49-52-55-58-61-64-67-70-76(79)82-73-74(72-81-75(78)69-66-63-60-57-54-51-48-45-30-27-24-21-18-15-12-9-6-3)83-77(80)71-68-65-62-59-56-53-50-47-44-41-34-32-29-26-23-20-17-14-11-8-5-2/h7,10,16,19,23,25-26,28,32-35,37-38,44,47,74H,4-6,8-9,11-15,17-18,20-22,24,27,29-31,36,39-43,45-46,48-73H2,1-3H3/b10-7-,19-16-,26-23-,28-25-,34-32-,35-33-,38-37-,47-44-. The lowest BCUT2D eigenvalue weighted by Gasteiger charge is -2.18. The molecule has 1 atom stereocenters. The fraction of sp³-hybridized carbons (Fsp3) is 0.753. The van der Waals surface area contributed by atoms with Crippen LogP contribution >= 0.6 is 0 Å². The summed E-state index contributed by atoms with van der Waals surface area (Å²) in [6.07, 6.45) is 95.6. The molecule has 1 unspecified atom stereocenters. The summed E-state index contributed by atoms with van der Waals surface area (Å²) >= 11 is 0. The summed E-state index contributed by atoms with van der Waals surface area (Å²) in [5.74, 6) is -0.877. The van der Waals surface area contributed by atoms with Crippen molar-refractivity contribution in [1.82, 2.24) is 0 Å². The van der Waals surface area contributed by atoms with Crippen molar-refractivity contribution in [2.24, 2.45) is 0 Å². The zero-order valence-electron chi connectivity index (χ0n) is 54.9. The summed E-state index contributed by atoms with van der Waals surface area (Å²) in [5, 5.41) is 0. The molecule has 0 spiro atoms. The van der Waals surface area contributed by atoms with Crippen molar-refractivity contribution in [1.29, 1.82) is 0 Å². The molecule has 0 saturated heterocycles. The van der Waals surface area contributed by atoms with Crippen molar-refractivity contribution in [2.75, 3.05) is 13.2 Å². The van der Waals surface area contributed by atoms with E-state index >= 15 is 0 Å². The number of carbonyl (C=O) groups is 3. The van der Waals surface area contributed by atoms with Crippen LogP contribution in [0.2, 0.25) is 0 Å². The summed E-state index contributed by atoms with van der Waals surface area (Å²) in [6.45, 7) is 6.55. The van der Waals surface area contributed by atoms with E-state index in [4.69, 9.17) is 14.2 Å². The number of unbranched alkanes of at least 4 members (excludes halogenated alkanes) is 38. The minimum absolute atomic E-state index is 0.0801. The maximum absolute atomic E-state index is 13.0. The molecule has 0 aromatic heterocycles. The number of esters is 3. The zero-order chi connectivity index (χ0) is 59.9. The molecular weight excluding hydrogens is 1020 g/mol. The van der Waals surface area contributed by atoms with Gasteiger partial charge in [-0.3, -0.25) is 14.4 Å². The van der Waals surface area contributed by atoms with Gasteiger partial charge in [-0.25, -0.2) is 0 Å². The van der Waals surface area contributed by atoms with E-state index in [-0.39, 0.29) is 31.1 Å². The molecule has 83 heavy (non-hydrogen) atoms. The minimum Gasteiger partial charge on any atom is -0.462 e. The Balaban J connectivity index is 4.36. The smallest absolute Gasteiger partial charge is 0.306 e. The Morgan fingerprint density at radius 2 is 0.470 bits per heavy atom. The molecule has 0 saturated carbocycles. The topological polar surface area (TPSA) is 78.9 Å². The summed E-state index contributed by atoms with van der Waals surface area (Å²) < 4.78 is 17.0. The van der Waals surface area contributed by atoms with E-state index in [9.17, 15) is 14.4 Å². The lowest BCUT2D eigenvalue weighted by Crippen LogP contribution is -2.30. The van der Waals surface area contributed by atoms with Gasteiger partial charge >= 0.3 is 17.9 Å². The van der Waals surface area contributed by atoms with Crippen LogP contribution in [0.1, 0.15) is 355 Å². The van der Waals surface area contributed by atoms with Crippen LogP contribution < -0.4 is 0 Å². The monoisotopic (exact) mass is 1160 g/mol. The Labute approximate surface area is 515 Å². The Morgan fingerprint density at radius 1 is 0.253 bits per heavy atom. The van der Waals surface area contributed by atoms with E-state index in [0.717, 1.165) is 116 Å². The van der Waals surface area contributed by atoms with Gasteiger partial charge < -0.3 is 14.2 Å². The molecule has 0 amide bonds. The molecule has 6 nitrogen and oxygen atoms in total. The molecule has 0 aromatic carbocycles. The fourth-order valence-electron chi connectivity index (χ4n) is 10.2. The lowest BCUT2D eigenvalue weighted by molar-refractivity contribution is -0.167. The number of hydrogen-bond donors (Lipinski definition) is 0. The first-order valence-electron chi connectivity index (χ1n) is 35.7. The van der Waals surface area contributed by atoms with E-state index in [2.05, 4.69) is 118 Å². The van der Waals surface area contributed by atoms with Crippen molar-refractivity contribution >= 4 is 17.9 Å². The lowest BCUT2D eigenvalue weighted by atomic mass is 10.0. The van der Waals surface area contributed by atoms with Gasteiger partial charge in [0.25, 0.3) is 0 Å². The highest BCUT2D eigenvalue weighted by Gasteiger charge is 2.19. The average Bonchev–Trinajstić information content (AvgIpc) is 3.49. The highest BCUT2D eigenvalue weighted by Crippen LogP contribution is 2.17. The van der Waals surface area contributed by atoms with Gasteiger partial charge in [0.15, 0.2) is 6.10 Å². The van der Waals surface area contributed by atoms with Gasteiger partial charge in [0.1, 0.15) is 13.2 Å². The Kier molecular flexibility index (Phi) is 67.7. The average molecular weight is 1160 g/mol. The van der Waals surface area contributed by atoms with Crippen LogP contribution in [0, 0.1) is 0 Å². The van der Waals surface area contributed by atoms with E-state index < -0.39 is 6.10 Å². The molecule has 478 valence electrons. The molecule has 0 aromatic rings. The summed E-state index contributed by atoms with van der Waals surface area (Å²) in [5.41, 5.74) is 0. The molecule has 0 aliphatic carbocycles. The van der Waals surface area contributed by atoms with E-state index in [1.807, 2.05) is 0 Å². The highest BCUT2D eigenvalue weighted by atomic mass is 16.6. The molecule has 0 radical (unpaired) electrons. The Morgan fingerprint density at radius 3 is 0.735 bits per heavy atom. The van der Waals surface area contributed by atoms with Crippen LogP contribution in [-0.2, 0) is 28.6 Å². The van der Waals surface area contributed by atoms with Crippen molar-refractivity contribution in [2.45, 2.75) is 361 Å². The van der Waals surface area contributed by atoms with Crippen molar-refractivity contribution in [3.8, 4) is 0 Å².